The maximum Gasteiger partial charge on any atom is 0.137 e. The number of hydrogen-bond donors (Lipinski definition) is 2. The molecule has 0 aliphatic rings. The number of nitrogens with one attached hydrogen (secondary N) is 1. The highest BCUT2D eigenvalue weighted by atomic mass is 35.5. The fourth-order valence-electron chi connectivity index (χ4n) is 3.22. The van der Waals surface area contributed by atoms with E-state index in [4.69, 9.17) is 17.3 Å². The Morgan fingerprint density at radius 2 is 1.63 bits per heavy atom. The zero-order valence-electron chi connectivity index (χ0n) is 14.6. The zero-order chi connectivity index (χ0) is 18.6. The summed E-state index contributed by atoms with van der Waals surface area (Å²) in [5.41, 5.74) is 9.92. The molecule has 5 heteroatoms. The number of fused-ring (bicyclic) bond motifs is 1. The fraction of sp³-hybridized carbons (Fsp3) is 0.0909. The minimum Gasteiger partial charge on any atom is -0.399 e. The predicted octanol–water partition coefficient (Wildman–Crippen LogP) is 5.11. The third-order valence-electron chi connectivity index (χ3n) is 4.61. The van der Waals surface area contributed by atoms with Crippen LogP contribution in [-0.2, 0) is 0 Å². The highest BCUT2D eigenvalue weighted by Gasteiger charge is 2.15. The van der Waals surface area contributed by atoms with Crippen molar-refractivity contribution in [3.05, 3.63) is 95.3 Å². The molecule has 0 radical (unpaired) electrons. The molecule has 4 aromatic rings. The first kappa shape index (κ1) is 17.3. The Bertz CT molecular complexity index is 1050. The summed E-state index contributed by atoms with van der Waals surface area (Å²) in [5, 5.41) is 5.14. The first-order chi connectivity index (χ1) is 13.2. The van der Waals surface area contributed by atoms with Crippen LogP contribution in [0.4, 0.5) is 11.5 Å². The van der Waals surface area contributed by atoms with Crippen LogP contribution >= 0.6 is 11.6 Å². The molecule has 0 saturated heterocycles. The number of anilines is 2. The van der Waals surface area contributed by atoms with Crippen LogP contribution in [0, 0.1) is 0 Å². The van der Waals surface area contributed by atoms with Crippen molar-refractivity contribution in [2.24, 2.45) is 0 Å². The van der Waals surface area contributed by atoms with Crippen molar-refractivity contribution in [2.75, 3.05) is 17.6 Å². The van der Waals surface area contributed by atoms with Crippen LogP contribution in [0.15, 0.2) is 79.1 Å². The number of nitrogens with two attached hydrogens (primary N) is 1. The van der Waals surface area contributed by atoms with E-state index in [1.165, 1.54) is 11.1 Å². The Kier molecular flexibility index (Phi) is 4.90. The van der Waals surface area contributed by atoms with Crippen LogP contribution < -0.4 is 11.1 Å². The smallest absolute Gasteiger partial charge is 0.137 e. The van der Waals surface area contributed by atoms with E-state index in [0.29, 0.717) is 12.2 Å². The van der Waals surface area contributed by atoms with Crippen molar-refractivity contribution >= 4 is 34.0 Å². The molecule has 1 atom stereocenters. The second kappa shape index (κ2) is 7.64. The number of nitrogen functional groups attached to an aromatic ring is 1. The molecular weight excluding hydrogens is 356 g/mol. The minimum absolute atomic E-state index is 0.162. The molecule has 134 valence electrons. The van der Waals surface area contributed by atoms with E-state index >= 15 is 0 Å². The number of benzene rings is 3. The molecule has 3 N–H and O–H groups in total. The van der Waals surface area contributed by atoms with Crippen LogP contribution in [0.2, 0.25) is 5.02 Å². The summed E-state index contributed by atoms with van der Waals surface area (Å²) in [6.45, 7) is 0.687. The number of hydrogen-bond acceptors (Lipinski definition) is 4. The van der Waals surface area contributed by atoms with Gasteiger partial charge in [-0.25, -0.2) is 9.97 Å². The Morgan fingerprint density at radius 1 is 0.889 bits per heavy atom. The van der Waals surface area contributed by atoms with E-state index in [2.05, 4.69) is 51.7 Å². The van der Waals surface area contributed by atoms with Crippen LogP contribution in [0.1, 0.15) is 17.0 Å². The lowest BCUT2D eigenvalue weighted by atomic mass is 9.91. The second-order valence-electron chi connectivity index (χ2n) is 6.39. The summed E-state index contributed by atoms with van der Waals surface area (Å²) in [6.07, 6.45) is 1.57. The highest BCUT2D eigenvalue weighted by Crippen LogP contribution is 2.28. The average molecular weight is 375 g/mol. The second-order valence-corrected chi connectivity index (χ2v) is 6.83. The number of rotatable bonds is 5. The lowest BCUT2D eigenvalue weighted by Gasteiger charge is -2.20. The molecule has 1 heterocycles. The summed E-state index contributed by atoms with van der Waals surface area (Å²) < 4.78 is 0. The summed E-state index contributed by atoms with van der Waals surface area (Å²) in [5.74, 6) is 0.941. The van der Waals surface area contributed by atoms with Crippen LogP contribution in [0.5, 0.6) is 0 Å². The van der Waals surface area contributed by atoms with Gasteiger partial charge in [0.1, 0.15) is 12.1 Å². The largest absolute Gasteiger partial charge is 0.399 e. The SMILES string of the molecule is Nc1ccc2ncnc(NCC(c3ccccc3)c3ccc(Cl)cc3)c2c1. The van der Waals surface area contributed by atoms with Gasteiger partial charge in [-0.3, -0.25) is 0 Å². The Labute approximate surface area is 163 Å². The van der Waals surface area contributed by atoms with Crippen LogP contribution in [0.25, 0.3) is 10.9 Å². The predicted molar refractivity (Wildman–Crippen MR) is 112 cm³/mol. The maximum atomic E-state index is 6.07. The summed E-state index contributed by atoms with van der Waals surface area (Å²) in [4.78, 5) is 8.74. The molecule has 0 saturated carbocycles. The third-order valence-corrected chi connectivity index (χ3v) is 4.86. The maximum absolute atomic E-state index is 6.07. The monoisotopic (exact) mass is 374 g/mol. The first-order valence-electron chi connectivity index (χ1n) is 8.75. The molecule has 3 aromatic carbocycles. The van der Waals surface area contributed by atoms with Crippen molar-refractivity contribution < 1.29 is 0 Å². The lowest BCUT2D eigenvalue weighted by Crippen LogP contribution is -2.15. The summed E-state index contributed by atoms with van der Waals surface area (Å²) in [6, 6.07) is 24.0. The van der Waals surface area contributed by atoms with Gasteiger partial charge in [0.2, 0.25) is 0 Å². The summed E-state index contributed by atoms with van der Waals surface area (Å²) >= 11 is 6.07. The fourth-order valence-corrected chi connectivity index (χ4v) is 3.35. The van der Waals surface area contributed by atoms with Crippen molar-refractivity contribution in [1.29, 1.82) is 0 Å². The van der Waals surface area contributed by atoms with Crippen molar-refractivity contribution in [1.82, 2.24) is 9.97 Å². The highest BCUT2D eigenvalue weighted by molar-refractivity contribution is 6.30. The molecule has 1 aromatic heterocycles. The van der Waals surface area contributed by atoms with E-state index in [-0.39, 0.29) is 5.92 Å². The Morgan fingerprint density at radius 3 is 2.41 bits per heavy atom. The van der Waals surface area contributed by atoms with Gasteiger partial charge in [-0.05, 0) is 41.5 Å². The van der Waals surface area contributed by atoms with Gasteiger partial charge < -0.3 is 11.1 Å². The van der Waals surface area contributed by atoms with Crippen LogP contribution in [0.3, 0.4) is 0 Å². The number of halogens is 1. The quantitative estimate of drug-likeness (QED) is 0.476. The molecule has 0 fully saturated rings. The van der Waals surface area contributed by atoms with E-state index in [0.717, 1.165) is 21.7 Å². The van der Waals surface area contributed by atoms with E-state index in [9.17, 15) is 0 Å². The average Bonchev–Trinajstić information content (AvgIpc) is 2.70. The molecule has 4 nitrogen and oxygen atoms in total. The molecule has 0 bridgehead atoms. The lowest BCUT2D eigenvalue weighted by molar-refractivity contribution is 0.849. The molecular formula is C22H19ClN4. The van der Waals surface area contributed by atoms with Crippen molar-refractivity contribution in [3.8, 4) is 0 Å². The molecule has 0 amide bonds. The molecule has 0 aliphatic heterocycles. The molecule has 1 unspecified atom stereocenters. The van der Waals surface area contributed by atoms with Gasteiger partial charge in [-0.2, -0.15) is 0 Å². The van der Waals surface area contributed by atoms with Crippen molar-refractivity contribution in [3.63, 3.8) is 0 Å². The molecule has 0 spiro atoms. The number of nitrogens with zero attached hydrogens (tertiary/aromatic N) is 2. The zero-order valence-corrected chi connectivity index (χ0v) is 15.4. The van der Waals surface area contributed by atoms with E-state index in [1.54, 1.807) is 6.33 Å². The van der Waals surface area contributed by atoms with E-state index < -0.39 is 0 Å². The topological polar surface area (TPSA) is 63.8 Å². The van der Waals surface area contributed by atoms with Crippen molar-refractivity contribution in [2.45, 2.75) is 5.92 Å². The Hall–Kier alpha value is -3.11. The minimum atomic E-state index is 0.162. The van der Waals surface area contributed by atoms with Gasteiger partial charge in [0.05, 0.1) is 5.52 Å². The molecule has 0 aliphatic carbocycles. The number of aromatic nitrogens is 2. The van der Waals surface area contributed by atoms with Gasteiger partial charge in [0, 0.05) is 28.6 Å². The van der Waals surface area contributed by atoms with E-state index in [1.807, 2.05) is 36.4 Å². The Balaban J connectivity index is 1.67. The standard InChI is InChI=1S/C22H19ClN4/c23-17-8-6-16(7-9-17)20(15-4-2-1-3-5-15)13-25-22-19-12-18(24)10-11-21(19)26-14-27-22/h1-12,14,20H,13,24H2,(H,25,26,27). The summed E-state index contributed by atoms with van der Waals surface area (Å²) in [7, 11) is 0. The van der Waals surface area contributed by atoms with Gasteiger partial charge in [0.25, 0.3) is 0 Å². The first-order valence-corrected chi connectivity index (χ1v) is 9.13. The van der Waals surface area contributed by atoms with Gasteiger partial charge >= 0.3 is 0 Å². The normalized spacial score (nSPS) is 12.0. The molecule has 27 heavy (non-hydrogen) atoms. The van der Waals surface area contributed by atoms with Gasteiger partial charge in [-0.15, -0.1) is 0 Å². The van der Waals surface area contributed by atoms with Gasteiger partial charge in [-0.1, -0.05) is 54.1 Å². The van der Waals surface area contributed by atoms with Gasteiger partial charge in [0.15, 0.2) is 0 Å². The third kappa shape index (κ3) is 3.86. The molecule has 4 rings (SSSR count). The van der Waals surface area contributed by atoms with Crippen LogP contribution in [-0.4, -0.2) is 16.5 Å².